The molecule has 0 radical (unpaired) electrons. The lowest BCUT2D eigenvalue weighted by molar-refractivity contribution is -0.125. The summed E-state index contributed by atoms with van der Waals surface area (Å²) in [6, 6.07) is 8.93. The molecule has 24 heavy (non-hydrogen) atoms. The molecule has 2 bridgehead atoms. The van der Waals surface area contributed by atoms with Crippen molar-refractivity contribution in [2.45, 2.75) is 43.8 Å². The molecule has 4 rings (SSSR count). The molecule has 1 amide bonds. The number of halogens is 1. The van der Waals surface area contributed by atoms with E-state index in [0.717, 1.165) is 48.9 Å². The fourth-order valence-electron chi connectivity index (χ4n) is 4.48. The van der Waals surface area contributed by atoms with Gasteiger partial charge >= 0.3 is 0 Å². The first kappa shape index (κ1) is 15.8. The number of carbonyl (C=O) groups is 1. The first-order valence-corrected chi connectivity index (χ1v) is 9.44. The number of benzene rings is 1. The van der Waals surface area contributed by atoms with Gasteiger partial charge in [-0.15, -0.1) is 0 Å². The van der Waals surface area contributed by atoms with E-state index in [-0.39, 0.29) is 23.9 Å². The van der Waals surface area contributed by atoms with Gasteiger partial charge in [-0.05, 0) is 43.9 Å². The number of rotatable bonds is 3. The maximum atomic E-state index is 12.7. The molecule has 1 N–H and O–H groups in total. The van der Waals surface area contributed by atoms with Crippen LogP contribution in [-0.2, 0) is 4.79 Å². The van der Waals surface area contributed by atoms with Gasteiger partial charge in [0.05, 0.1) is 18.0 Å². The predicted molar refractivity (Wildman–Crippen MR) is 95.3 cm³/mol. The highest BCUT2D eigenvalue weighted by molar-refractivity contribution is 9.10. The highest BCUT2D eigenvalue weighted by Crippen LogP contribution is 2.37. The summed E-state index contributed by atoms with van der Waals surface area (Å²) in [5.41, 5.74) is 1.16. The summed E-state index contributed by atoms with van der Waals surface area (Å²) in [6.07, 6.45) is 6.23. The maximum absolute atomic E-state index is 12.7. The van der Waals surface area contributed by atoms with Crippen molar-refractivity contribution in [2.75, 3.05) is 18.0 Å². The third-order valence-electron chi connectivity index (χ3n) is 5.71. The van der Waals surface area contributed by atoms with Crippen molar-refractivity contribution < 1.29 is 4.79 Å². The second-order valence-electron chi connectivity index (χ2n) is 7.07. The molecule has 3 fully saturated rings. The smallest absolute Gasteiger partial charge is 0.225 e. The first-order valence-electron chi connectivity index (χ1n) is 8.64. The Labute approximate surface area is 150 Å². The molecule has 0 spiro atoms. The average Bonchev–Trinajstić information content (AvgIpc) is 3.28. The van der Waals surface area contributed by atoms with Gasteiger partial charge in [0.2, 0.25) is 5.91 Å². The van der Waals surface area contributed by atoms with Gasteiger partial charge < -0.3 is 15.1 Å². The van der Waals surface area contributed by atoms with Gasteiger partial charge in [-0.2, -0.15) is 5.26 Å². The molecule has 0 aliphatic carbocycles. The zero-order valence-corrected chi connectivity index (χ0v) is 15.1. The maximum Gasteiger partial charge on any atom is 0.225 e. The Bertz CT molecular complexity index is 688. The summed E-state index contributed by atoms with van der Waals surface area (Å²) >= 11 is 3.51. The van der Waals surface area contributed by atoms with Crippen LogP contribution in [0.4, 0.5) is 5.69 Å². The normalized spacial score (nSPS) is 31.3. The van der Waals surface area contributed by atoms with Crippen molar-refractivity contribution in [3.05, 3.63) is 28.7 Å². The molecule has 1 aromatic rings. The van der Waals surface area contributed by atoms with Gasteiger partial charge in [-0.1, -0.05) is 22.0 Å². The number of amides is 1. The van der Waals surface area contributed by atoms with Gasteiger partial charge in [0, 0.05) is 29.3 Å². The van der Waals surface area contributed by atoms with E-state index in [4.69, 9.17) is 0 Å². The van der Waals surface area contributed by atoms with E-state index in [0.29, 0.717) is 6.04 Å². The molecule has 0 unspecified atom stereocenters. The van der Waals surface area contributed by atoms with E-state index in [9.17, 15) is 10.1 Å². The topological polar surface area (TPSA) is 59.4 Å². The van der Waals surface area contributed by atoms with Crippen molar-refractivity contribution in [1.82, 2.24) is 10.2 Å². The molecule has 0 saturated carbocycles. The second kappa shape index (κ2) is 6.29. The third kappa shape index (κ3) is 2.75. The molecule has 3 aliphatic heterocycles. The average molecular weight is 389 g/mol. The molecule has 126 valence electrons. The predicted octanol–water partition coefficient (Wildman–Crippen LogP) is 2.48. The number of hydrogen-bond donors (Lipinski definition) is 1. The van der Waals surface area contributed by atoms with Crippen molar-refractivity contribution in [2.24, 2.45) is 5.92 Å². The van der Waals surface area contributed by atoms with Crippen LogP contribution in [-0.4, -0.2) is 42.0 Å². The summed E-state index contributed by atoms with van der Waals surface area (Å²) in [5, 5.41) is 12.5. The minimum atomic E-state index is 0.0404. The number of fused-ring (bicyclic) bond motifs is 2. The van der Waals surface area contributed by atoms with E-state index in [2.05, 4.69) is 44.5 Å². The van der Waals surface area contributed by atoms with Crippen LogP contribution in [0.25, 0.3) is 0 Å². The number of nitriles is 1. The lowest BCUT2D eigenvalue weighted by atomic mass is 9.95. The van der Waals surface area contributed by atoms with Crippen LogP contribution in [0.5, 0.6) is 0 Å². The van der Waals surface area contributed by atoms with E-state index in [1.165, 1.54) is 0 Å². The van der Waals surface area contributed by atoms with Gasteiger partial charge in [0.1, 0.15) is 0 Å². The molecule has 3 aliphatic rings. The van der Waals surface area contributed by atoms with Crippen LogP contribution < -0.4 is 10.2 Å². The van der Waals surface area contributed by atoms with E-state index >= 15 is 0 Å². The second-order valence-corrected chi connectivity index (χ2v) is 7.98. The van der Waals surface area contributed by atoms with Gasteiger partial charge in [-0.3, -0.25) is 4.79 Å². The molecule has 3 saturated heterocycles. The summed E-state index contributed by atoms with van der Waals surface area (Å²) in [6.45, 7) is 1.68. The van der Waals surface area contributed by atoms with E-state index in [1.54, 1.807) is 0 Å². The summed E-state index contributed by atoms with van der Waals surface area (Å²) in [5.74, 6) is 0.196. The quantitative estimate of drug-likeness (QED) is 0.807. The van der Waals surface area contributed by atoms with Crippen LogP contribution in [0.15, 0.2) is 28.7 Å². The number of hydrogen-bond acceptors (Lipinski definition) is 4. The Hall–Kier alpha value is -1.74. The molecule has 0 aromatic heterocycles. The Morgan fingerprint density at radius 2 is 2.21 bits per heavy atom. The number of anilines is 1. The number of carbonyl (C=O) groups excluding carboxylic acids is 1. The zero-order chi connectivity index (χ0) is 16.7. The van der Waals surface area contributed by atoms with Crippen LogP contribution in [0.2, 0.25) is 0 Å². The SMILES string of the molecule is N#CN1[C@H]2CC[C@@H]1[C@H](NC(=O)[C@H]1CCN(c3cccc(Br)c3)C1)C2. The Balaban J connectivity index is 1.36. The lowest BCUT2D eigenvalue weighted by Crippen LogP contribution is -2.46. The summed E-state index contributed by atoms with van der Waals surface area (Å²) in [4.78, 5) is 16.8. The fraction of sp³-hybridized carbons (Fsp3) is 0.556. The highest BCUT2D eigenvalue weighted by Gasteiger charge is 2.47. The number of nitrogens with one attached hydrogen (secondary N) is 1. The molecular formula is C18H21BrN4O. The van der Waals surface area contributed by atoms with Gasteiger partial charge in [0.15, 0.2) is 6.19 Å². The largest absolute Gasteiger partial charge is 0.371 e. The minimum absolute atomic E-state index is 0.0404. The molecule has 5 nitrogen and oxygen atoms in total. The van der Waals surface area contributed by atoms with E-state index < -0.39 is 0 Å². The molecular weight excluding hydrogens is 368 g/mol. The first-order chi connectivity index (χ1) is 11.7. The van der Waals surface area contributed by atoms with Crippen molar-refractivity contribution in [3.8, 4) is 6.19 Å². The van der Waals surface area contributed by atoms with E-state index in [1.807, 2.05) is 17.0 Å². The molecule has 1 aromatic carbocycles. The van der Waals surface area contributed by atoms with Crippen LogP contribution in [0, 0.1) is 17.4 Å². The molecule has 6 heteroatoms. The summed E-state index contributed by atoms with van der Waals surface area (Å²) < 4.78 is 1.06. The van der Waals surface area contributed by atoms with Crippen LogP contribution >= 0.6 is 15.9 Å². The van der Waals surface area contributed by atoms with Gasteiger partial charge in [-0.25, -0.2) is 0 Å². The lowest BCUT2D eigenvalue weighted by Gasteiger charge is -2.24. The standard InChI is InChI=1S/C18H21BrN4O/c19-13-2-1-3-14(8-13)22-7-6-12(10-22)18(24)21-16-9-15-4-5-17(16)23(15)11-20/h1-3,8,12,15-17H,4-7,9-10H2,(H,21,24)/t12-,15-,16+,17+/m0/s1. The Morgan fingerprint density at radius 1 is 1.33 bits per heavy atom. The Morgan fingerprint density at radius 3 is 2.96 bits per heavy atom. The fourth-order valence-corrected chi connectivity index (χ4v) is 4.87. The van der Waals surface area contributed by atoms with Crippen molar-refractivity contribution in [3.63, 3.8) is 0 Å². The molecule has 4 atom stereocenters. The Kier molecular flexibility index (Phi) is 4.13. The molecule has 3 heterocycles. The van der Waals surface area contributed by atoms with Crippen molar-refractivity contribution in [1.29, 1.82) is 5.26 Å². The van der Waals surface area contributed by atoms with Crippen molar-refractivity contribution >= 4 is 27.5 Å². The number of nitrogens with zero attached hydrogens (tertiary/aromatic N) is 3. The zero-order valence-electron chi connectivity index (χ0n) is 13.5. The third-order valence-corrected chi connectivity index (χ3v) is 6.21. The van der Waals surface area contributed by atoms with Gasteiger partial charge in [0.25, 0.3) is 0 Å². The highest BCUT2D eigenvalue weighted by atomic mass is 79.9. The summed E-state index contributed by atoms with van der Waals surface area (Å²) in [7, 11) is 0. The van der Waals surface area contributed by atoms with Crippen LogP contribution in [0.3, 0.4) is 0 Å². The monoisotopic (exact) mass is 388 g/mol. The van der Waals surface area contributed by atoms with Crippen LogP contribution in [0.1, 0.15) is 25.7 Å². The minimum Gasteiger partial charge on any atom is -0.371 e.